The Hall–Kier alpha value is -1.39. The van der Waals surface area contributed by atoms with E-state index in [-0.39, 0.29) is 0 Å². The molecule has 1 amide bonds. The Morgan fingerprint density at radius 3 is 2.28 bits per heavy atom. The molecule has 2 heterocycles. The standard InChI is InChI=1S/C21H33N3O/c1-3-20(19-7-5-4-6-8-19)23-11-9-18(10-12-23)17-21(25)24-15-13-22(2)14-16-24/h4-8,18,20H,3,9-17H2,1-2H3. The molecular formula is C21H33N3O. The van der Waals surface area contributed by atoms with Crippen molar-refractivity contribution >= 4 is 5.91 Å². The average molecular weight is 344 g/mol. The molecule has 0 aromatic heterocycles. The lowest BCUT2D eigenvalue weighted by Gasteiger charge is -2.38. The summed E-state index contributed by atoms with van der Waals surface area (Å²) in [6.07, 6.45) is 4.21. The van der Waals surface area contributed by atoms with Crippen LogP contribution in [0.25, 0.3) is 0 Å². The van der Waals surface area contributed by atoms with Gasteiger partial charge in [0.15, 0.2) is 0 Å². The molecule has 1 unspecified atom stereocenters. The summed E-state index contributed by atoms with van der Waals surface area (Å²) in [4.78, 5) is 19.6. The van der Waals surface area contributed by atoms with Gasteiger partial charge in [0.2, 0.25) is 5.91 Å². The molecular weight excluding hydrogens is 310 g/mol. The summed E-state index contributed by atoms with van der Waals surface area (Å²) in [7, 11) is 2.13. The molecule has 4 heteroatoms. The topological polar surface area (TPSA) is 26.8 Å². The van der Waals surface area contributed by atoms with Crippen LogP contribution in [-0.2, 0) is 4.79 Å². The highest BCUT2D eigenvalue weighted by atomic mass is 16.2. The van der Waals surface area contributed by atoms with Crippen LogP contribution < -0.4 is 0 Å². The zero-order chi connectivity index (χ0) is 17.6. The van der Waals surface area contributed by atoms with E-state index >= 15 is 0 Å². The van der Waals surface area contributed by atoms with Crippen molar-refractivity contribution in [1.29, 1.82) is 0 Å². The monoisotopic (exact) mass is 343 g/mol. The van der Waals surface area contributed by atoms with Gasteiger partial charge in [-0.05, 0) is 50.9 Å². The fourth-order valence-electron chi connectivity index (χ4n) is 4.28. The lowest BCUT2D eigenvalue weighted by molar-refractivity contribution is -0.134. The predicted octanol–water partition coefficient (Wildman–Crippen LogP) is 3.01. The van der Waals surface area contributed by atoms with Gasteiger partial charge in [-0.15, -0.1) is 0 Å². The Labute approximate surface area is 152 Å². The Kier molecular flexibility index (Phi) is 6.49. The normalized spacial score (nSPS) is 22.1. The molecule has 0 aliphatic carbocycles. The SMILES string of the molecule is CCC(c1ccccc1)N1CCC(CC(=O)N2CCN(C)CC2)CC1. The smallest absolute Gasteiger partial charge is 0.222 e. The summed E-state index contributed by atoms with van der Waals surface area (Å²) in [5.41, 5.74) is 1.43. The zero-order valence-electron chi connectivity index (χ0n) is 15.9. The molecule has 2 aliphatic rings. The first kappa shape index (κ1) is 18.4. The number of likely N-dealkylation sites (tertiary alicyclic amines) is 1. The number of carbonyl (C=O) groups is 1. The molecule has 0 spiro atoms. The van der Waals surface area contributed by atoms with E-state index in [4.69, 9.17) is 0 Å². The molecule has 25 heavy (non-hydrogen) atoms. The van der Waals surface area contributed by atoms with Crippen molar-refractivity contribution in [3.8, 4) is 0 Å². The first-order valence-electron chi connectivity index (χ1n) is 9.92. The molecule has 0 saturated carbocycles. The molecule has 2 saturated heterocycles. The van der Waals surface area contributed by atoms with Gasteiger partial charge in [0, 0.05) is 38.6 Å². The number of hydrogen-bond donors (Lipinski definition) is 0. The van der Waals surface area contributed by atoms with Gasteiger partial charge in [0.1, 0.15) is 0 Å². The van der Waals surface area contributed by atoms with E-state index in [1.54, 1.807) is 0 Å². The van der Waals surface area contributed by atoms with E-state index in [0.717, 1.165) is 65.0 Å². The molecule has 1 aromatic carbocycles. The molecule has 1 aromatic rings. The maximum absolute atomic E-state index is 12.6. The third-order valence-corrected chi connectivity index (χ3v) is 5.98. The second-order valence-corrected chi connectivity index (χ2v) is 7.70. The molecule has 1 atom stereocenters. The second-order valence-electron chi connectivity index (χ2n) is 7.70. The van der Waals surface area contributed by atoms with Crippen LogP contribution in [0.5, 0.6) is 0 Å². The molecule has 4 nitrogen and oxygen atoms in total. The summed E-state index contributed by atoms with van der Waals surface area (Å²) < 4.78 is 0. The maximum Gasteiger partial charge on any atom is 0.222 e. The van der Waals surface area contributed by atoms with E-state index in [2.05, 4.69) is 59.0 Å². The van der Waals surface area contributed by atoms with Crippen molar-refractivity contribution in [1.82, 2.24) is 14.7 Å². The number of likely N-dealkylation sites (N-methyl/N-ethyl adjacent to an activating group) is 1. The number of carbonyl (C=O) groups excluding carboxylic acids is 1. The number of nitrogens with zero attached hydrogens (tertiary/aromatic N) is 3. The van der Waals surface area contributed by atoms with Gasteiger partial charge < -0.3 is 9.80 Å². The highest BCUT2D eigenvalue weighted by Gasteiger charge is 2.28. The molecule has 3 rings (SSSR count). The van der Waals surface area contributed by atoms with Gasteiger partial charge in [-0.25, -0.2) is 0 Å². The summed E-state index contributed by atoms with van der Waals surface area (Å²) >= 11 is 0. The quantitative estimate of drug-likeness (QED) is 0.822. The van der Waals surface area contributed by atoms with Gasteiger partial charge >= 0.3 is 0 Å². The van der Waals surface area contributed by atoms with Crippen LogP contribution in [-0.4, -0.2) is 66.9 Å². The Bertz CT molecular complexity index is 531. The van der Waals surface area contributed by atoms with Crippen LogP contribution in [0, 0.1) is 5.92 Å². The lowest BCUT2D eigenvalue weighted by atomic mass is 9.90. The lowest BCUT2D eigenvalue weighted by Crippen LogP contribution is -2.48. The van der Waals surface area contributed by atoms with E-state index < -0.39 is 0 Å². The summed E-state index contributed by atoms with van der Waals surface area (Å²) in [5, 5.41) is 0. The van der Waals surface area contributed by atoms with Crippen LogP contribution in [0.2, 0.25) is 0 Å². The minimum Gasteiger partial charge on any atom is -0.340 e. The maximum atomic E-state index is 12.6. The van der Waals surface area contributed by atoms with Crippen LogP contribution in [0.3, 0.4) is 0 Å². The molecule has 138 valence electrons. The van der Waals surface area contributed by atoms with E-state index in [9.17, 15) is 4.79 Å². The number of hydrogen-bond acceptors (Lipinski definition) is 3. The molecule has 0 bridgehead atoms. The molecule has 0 N–H and O–H groups in total. The fourth-order valence-corrected chi connectivity index (χ4v) is 4.28. The van der Waals surface area contributed by atoms with Gasteiger partial charge in [-0.2, -0.15) is 0 Å². The minimum absolute atomic E-state index is 0.377. The van der Waals surface area contributed by atoms with Crippen molar-refractivity contribution in [2.75, 3.05) is 46.3 Å². The highest BCUT2D eigenvalue weighted by Crippen LogP contribution is 2.30. The minimum atomic E-state index is 0.377. The Balaban J connectivity index is 1.47. The molecule has 2 aliphatic heterocycles. The van der Waals surface area contributed by atoms with E-state index in [1.165, 1.54) is 5.56 Å². The van der Waals surface area contributed by atoms with Crippen molar-refractivity contribution in [2.24, 2.45) is 5.92 Å². The molecule has 2 fully saturated rings. The van der Waals surface area contributed by atoms with Crippen molar-refractivity contribution in [3.05, 3.63) is 35.9 Å². The largest absolute Gasteiger partial charge is 0.340 e. The van der Waals surface area contributed by atoms with Gasteiger partial charge in [0.05, 0.1) is 0 Å². The molecule has 0 radical (unpaired) electrons. The predicted molar refractivity (Wildman–Crippen MR) is 102 cm³/mol. The summed E-state index contributed by atoms with van der Waals surface area (Å²) in [6, 6.07) is 11.4. The highest BCUT2D eigenvalue weighted by molar-refractivity contribution is 5.76. The van der Waals surface area contributed by atoms with Crippen LogP contribution >= 0.6 is 0 Å². The number of benzene rings is 1. The number of piperidine rings is 1. The fraction of sp³-hybridized carbons (Fsp3) is 0.667. The second kappa shape index (κ2) is 8.81. The third-order valence-electron chi connectivity index (χ3n) is 5.98. The summed E-state index contributed by atoms with van der Waals surface area (Å²) in [6.45, 7) is 8.35. The Morgan fingerprint density at radius 1 is 1.04 bits per heavy atom. The number of piperazine rings is 1. The number of rotatable bonds is 5. The van der Waals surface area contributed by atoms with Crippen LogP contribution in [0.4, 0.5) is 0 Å². The van der Waals surface area contributed by atoms with E-state index in [0.29, 0.717) is 17.9 Å². The zero-order valence-corrected chi connectivity index (χ0v) is 15.9. The van der Waals surface area contributed by atoms with Crippen molar-refractivity contribution in [3.63, 3.8) is 0 Å². The van der Waals surface area contributed by atoms with E-state index in [1.807, 2.05) is 0 Å². The first-order chi connectivity index (χ1) is 12.2. The van der Waals surface area contributed by atoms with Crippen LogP contribution in [0.15, 0.2) is 30.3 Å². The number of amides is 1. The van der Waals surface area contributed by atoms with Crippen molar-refractivity contribution in [2.45, 2.75) is 38.6 Å². The van der Waals surface area contributed by atoms with Crippen LogP contribution in [0.1, 0.15) is 44.2 Å². The first-order valence-corrected chi connectivity index (χ1v) is 9.92. The van der Waals surface area contributed by atoms with Gasteiger partial charge in [0.25, 0.3) is 0 Å². The third kappa shape index (κ3) is 4.83. The van der Waals surface area contributed by atoms with Gasteiger partial charge in [-0.1, -0.05) is 37.3 Å². The van der Waals surface area contributed by atoms with Crippen molar-refractivity contribution < 1.29 is 4.79 Å². The Morgan fingerprint density at radius 2 is 1.68 bits per heavy atom. The average Bonchev–Trinajstić information content (AvgIpc) is 2.65. The van der Waals surface area contributed by atoms with Gasteiger partial charge in [-0.3, -0.25) is 9.69 Å². The summed E-state index contributed by atoms with van der Waals surface area (Å²) in [5.74, 6) is 0.943.